The van der Waals surface area contributed by atoms with E-state index in [0.29, 0.717) is 0 Å². The summed E-state index contributed by atoms with van der Waals surface area (Å²) >= 11 is 0. The normalized spacial score (nSPS) is 13.7. The number of carbonyl (C=O) groups excluding carboxylic acids is 1. The molecule has 2 unspecified atom stereocenters. The summed E-state index contributed by atoms with van der Waals surface area (Å²) < 4.78 is 4.27. The van der Waals surface area contributed by atoms with Crippen LogP contribution in [0, 0.1) is 0 Å². The number of carbonyl (C=O) groups is 2. The quantitative estimate of drug-likeness (QED) is 0.422. The fourth-order valence-electron chi connectivity index (χ4n) is 1.38. The number of anilines is 1. The van der Waals surface area contributed by atoms with E-state index >= 15 is 0 Å². The van der Waals surface area contributed by atoms with Crippen molar-refractivity contribution in [2.75, 3.05) is 12.8 Å². The van der Waals surface area contributed by atoms with Crippen molar-refractivity contribution in [3.63, 3.8) is 0 Å². The number of nitrogens with two attached hydrogens (primary N) is 1. The van der Waals surface area contributed by atoms with Crippen molar-refractivity contribution in [1.29, 1.82) is 0 Å². The largest absolute Gasteiger partial charge is 0.478 e. The van der Waals surface area contributed by atoms with Crippen LogP contribution in [0.3, 0.4) is 0 Å². The van der Waals surface area contributed by atoms with Gasteiger partial charge in [-0.1, -0.05) is 6.07 Å². The summed E-state index contributed by atoms with van der Waals surface area (Å²) in [6, 6.07) is 3.68. The topological polar surface area (TPSA) is 130 Å². The highest BCUT2D eigenvalue weighted by Gasteiger charge is 2.27. The molecular weight excluding hydrogens is 242 g/mol. The van der Waals surface area contributed by atoms with Crippen molar-refractivity contribution in [2.24, 2.45) is 0 Å². The monoisotopic (exact) mass is 255 g/mol. The van der Waals surface area contributed by atoms with Gasteiger partial charge in [-0.3, -0.25) is 0 Å². The maximum atomic E-state index is 11.0. The molecule has 0 aromatic heterocycles. The smallest absolute Gasteiger partial charge is 0.337 e. The minimum Gasteiger partial charge on any atom is -0.478 e. The number of carboxylic acids is 1. The molecule has 0 saturated heterocycles. The highest BCUT2D eigenvalue weighted by Crippen LogP contribution is 2.22. The molecule has 7 heteroatoms. The van der Waals surface area contributed by atoms with Crippen molar-refractivity contribution in [3.8, 4) is 0 Å². The second-order valence-electron chi connectivity index (χ2n) is 3.56. The van der Waals surface area contributed by atoms with Crippen molar-refractivity contribution < 1.29 is 29.6 Å². The zero-order chi connectivity index (χ0) is 13.9. The Kier molecular flexibility index (Phi) is 4.24. The molecule has 0 aliphatic carbocycles. The number of aliphatic hydroxyl groups is 2. The third-order valence-corrected chi connectivity index (χ3v) is 2.39. The molecule has 0 aliphatic heterocycles. The molecule has 7 nitrogen and oxygen atoms in total. The van der Waals surface area contributed by atoms with Gasteiger partial charge in [0.1, 0.15) is 6.10 Å². The number of hydrogen-bond acceptors (Lipinski definition) is 6. The standard InChI is InChI=1S/C11H13NO6/c1-18-11(17)9(14)8(13)5-2-3-7(12)6(4-5)10(15)16/h2-4,8-9,13-14H,12H2,1H3,(H,15,16). The van der Waals surface area contributed by atoms with Gasteiger partial charge in [0.2, 0.25) is 0 Å². The molecule has 98 valence electrons. The molecular formula is C11H13NO6. The predicted molar refractivity (Wildman–Crippen MR) is 60.8 cm³/mol. The van der Waals surface area contributed by atoms with Gasteiger partial charge in [-0.25, -0.2) is 9.59 Å². The Bertz CT molecular complexity index is 473. The lowest BCUT2D eigenvalue weighted by molar-refractivity contribution is -0.156. The molecule has 0 saturated carbocycles. The molecule has 5 N–H and O–H groups in total. The van der Waals surface area contributed by atoms with Gasteiger partial charge in [0.25, 0.3) is 0 Å². The van der Waals surface area contributed by atoms with E-state index in [0.717, 1.165) is 13.2 Å². The van der Waals surface area contributed by atoms with Crippen LogP contribution in [0.2, 0.25) is 0 Å². The minimum atomic E-state index is -1.79. The van der Waals surface area contributed by atoms with Crippen LogP contribution in [0.5, 0.6) is 0 Å². The molecule has 0 amide bonds. The lowest BCUT2D eigenvalue weighted by atomic mass is 10.0. The molecule has 2 atom stereocenters. The summed E-state index contributed by atoms with van der Waals surface area (Å²) in [6.45, 7) is 0. The first-order valence-corrected chi connectivity index (χ1v) is 4.95. The van der Waals surface area contributed by atoms with Crippen LogP contribution in [0.25, 0.3) is 0 Å². The molecule has 0 aliphatic rings. The molecule has 0 bridgehead atoms. The second-order valence-corrected chi connectivity index (χ2v) is 3.56. The molecule has 1 aromatic rings. The number of methoxy groups -OCH3 is 1. The maximum absolute atomic E-state index is 11.0. The lowest BCUT2D eigenvalue weighted by Gasteiger charge is -2.16. The summed E-state index contributed by atoms with van der Waals surface area (Å²) in [7, 11) is 1.06. The molecule has 1 rings (SSSR count). The van der Waals surface area contributed by atoms with Crippen LogP contribution in [-0.4, -0.2) is 40.5 Å². The molecule has 18 heavy (non-hydrogen) atoms. The number of aliphatic hydroxyl groups excluding tert-OH is 2. The SMILES string of the molecule is COC(=O)C(O)C(O)c1ccc(N)c(C(=O)O)c1. The average molecular weight is 255 g/mol. The number of benzene rings is 1. The Balaban J connectivity index is 3.07. The molecule has 0 fully saturated rings. The number of aromatic carboxylic acids is 1. The number of ether oxygens (including phenoxy) is 1. The van der Waals surface area contributed by atoms with Gasteiger partial charge in [0.15, 0.2) is 6.10 Å². The molecule has 0 spiro atoms. The molecule has 1 aromatic carbocycles. The number of nitrogen functional groups attached to an aromatic ring is 1. The predicted octanol–water partition coefficient (Wildman–Crippen LogP) is -0.466. The van der Waals surface area contributed by atoms with E-state index in [1.807, 2.05) is 0 Å². The van der Waals surface area contributed by atoms with Crippen LogP contribution < -0.4 is 5.73 Å². The van der Waals surface area contributed by atoms with Gasteiger partial charge in [-0.2, -0.15) is 0 Å². The highest BCUT2D eigenvalue weighted by atomic mass is 16.5. The fraction of sp³-hybridized carbons (Fsp3) is 0.273. The van der Waals surface area contributed by atoms with E-state index in [1.54, 1.807) is 0 Å². The maximum Gasteiger partial charge on any atom is 0.337 e. The Morgan fingerprint density at radius 1 is 1.33 bits per heavy atom. The average Bonchev–Trinajstić information content (AvgIpc) is 2.36. The van der Waals surface area contributed by atoms with Gasteiger partial charge in [0, 0.05) is 5.69 Å². The first kappa shape index (κ1) is 13.9. The Morgan fingerprint density at radius 3 is 2.44 bits per heavy atom. The van der Waals surface area contributed by atoms with Crippen LogP contribution in [0.4, 0.5) is 5.69 Å². The van der Waals surface area contributed by atoms with Gasteiger partial charge in [-0.15, -0.1) is 0 Å². The number of hydrogen-bond donors (Lipinski definition) is 4. The highest BCUT2D eigenvalue weighted by molar-refractivity contribution is 5.93. The lowest BCUT2D eigenvalue weighted by Crippen LogP contribution is -2.29. The Labute approximate surface area is 102 Å². The van der Waals surface area contributed by atoms with Crippen molar-refractivity contribution in [1.82, 2.24) is 0 Å². The third-order valence-electron chi connectivity index (χ3n) is 2.39. The van der Waals surface area contributed by atoms with E-state index in [2.05, 4.69) is 4.74 Å². The van der Waals surface area contributed by atoms with Crippen LogP contribution >= 0.6 is 0 Å². The zero-order valence-corrected chi connectivity index (χ0v) is 9.53. The van der Waals surface area contributed by atoms with Gasteiger partial charge in [0.05, 0.1) is 12.7 Å². The summed E-state index contributed by atoms with van der Waals surface area (Å²) in [6.07, 6.45) is -3.38. The molecule has 0 radical (unpaired) electrons. The van der Waals surface area contributed by atoms with E-state index in [-0.39, 0.29) is 16.8 Å². The van der Waals surface area contributed by atoms with E-state index < -0.39 is 24.1 Å². The van der Waals surface area contributed by atoms with E-state index in [9.17, 15) is 19.8 Å². The van der Waals surface area contributed by atoms with E-state index in [1.165, 1.54) is 12.1 Å². The van der Waals surface area contributed by atoms with Gasteiger partial charge >= 0.3 is 11.9 Å². The number of carboxylic acid groups (broad SMARTS) is 1. The summed E-state index contributed by atoms with van der Waals surface area (Å²) in [4.78, 5) is 21.9. The summed E-state index contributed by atoms with van der Waals surface area (Å²) in [5, 5.41) is 28.0. The Hall–Kier alpha value is -2.12. The van der Waals surface area contributed by atoms with Crippen LogP contribution in [0.1, 0.15) is 22.0 Å². The van der Waals surface area contributed by atoms with Gasteiger partial charge in [-0.05, 0) is 17.7 Å². The first-order valence-electron chi connectivity index (χ1n) is 4.95. The van der Waals surface area contributed by atoms with Crippen molar-refractivity contribution in [2.45, 2.75) is 12.2 Å². The Morgan fingerprint density at radius 2 is 1.94 bits per heavy atom. The summed E-state index contributed by atoms with van der Waals surface area (Å²) in [5.41, 5.74) is 5.29. The second kappa shape index (κ2) is 5.48. The minimum absolute atomic E-state index is 0.0195. The van der Waals surface area contributed by atoms with Gasteiger partial charge < -0.3 is 25.8 Å². The summed E-state index contributed by atoms with van der Waals surface area (Å²) in [5.74, 6) is -2.29. The zero-order valence-electron chi connectivity index (χ0n) is 9.53. The number of rotatable bonds is 4. The van der Waals surface area contributed by atoms with Crippen molar-refractivity contribution in [3.05, 3.63) is 29.3 Å². The van der Waals surface area contributed by atoms with Crippen LogP contribution in [0.15, 0.2) is 18.2 Å². The molecule has 0 heterocycles. The number of esters is 1. The third kappa shape index (κ3) is 2.76. The van der Waals surface area contributed by atoms with Crippen LogP contribution in [-0.2, 0) is 9.53 Å². The van der Waals surface area contributed by atoms with Crippen molar-refractivity contribution >= 4 is 17.6 Å². The van der Waals surface area contributed by atoms with E-state index in [4.69, 9.17) is 10.8 Å². The fourth-order valence-corrected chi connectivity index (χ4v) is 1.38. The first-order chi connectivity index (χ1) is 8.38.